The Balaban J connectivity index is 0.000000845. The Bertz CT molecular complexity index is 1710. The summed E-state index contributed by atoms with van der Waals surface area (Å²) in [5.74, 6) is -0.590. The van der Waals surface area contributed by atoms with E-state index >= 15 is 0 Å². The van der Waals surface area contributed by atoms with Crippen molar-refractivity contribution in [3.8, 4) is 0 Å². The molecule has 57 heavy (non-hydrogen) atoms. The maximum atomic E-state index is 12.2. The van der Waals surface area contributed by atoms with Gasteiger partial charge in [0.1, 0.15) is 36.0 Å². The van der Waals surface area contributed by atoms with Crippen LogP contribution in [-0.4, -0.2) is 60.0 Å². The maximum absolute atomic E-state index is 12.2. The number of nitrogens with two attached hydrogens (primary N) is 1. The maximum Gasteiger partial charge on any atom is 0.408 e. The van der Waals surface area contributed by atoms with Crippen LogP contribution < -0.4 is 11.1 Å². The molecule has 3 aromatic carbocycles. The zero-order chi connectivity index (χ0) is 42.9. The van der Waals surface area contributed by atoms with Gasteiger partial charge in [0.05, 0.1) is 0 Å². The lowest BCUT2D eigenvalue weighted by Crippen LogP contribution is -2.43. The van der Waals surface area contributed by atoms with E-state index in [0.29, 0.717) is 0 Å². The zero-order valence-corrected chi connectivity index (χ0v) is 37.6. The molecule has 3 N–H and O–H groups in total. The summed E-state index contributed by atoms with van der Waals surface area (Å²) in [5.41, 5.74) is 12.1. The fourth-order valence-electron chi connectivity index (χ4n) is 5.74. The fraction of sp³-hybridized carbons (Fsp3) is 0.522. The van der Waals surface area contributed by atoms with Gasteiger partial charge < -0.3 is 30.0 Å². The van der Waals surface area contributed by atoms with Crippen molar-refractivity contribution in [2.24, 2.45) is 5.73 Å². The number of hydrogen-bond donors (Lipinski definition) is 2. The molecule has 3 rings (SSSR count). The normalized spacial score (nSPS) is 14.9. The molecule has 0 aliphatic carbocycles. The van der Waals surface area contributed by atoms with Crippen molar-refractivity contribution >= 4 is 36.4 Å². The van der Waals surface area contributed by atoms with Crippen LogP contribution in [0.5, 0.6) is 0 Å². The van der Waals surface area contributed by atoms with Crippen molar-refractivity contribution in [2.45, 2.75) is 158 Å². The predicted octanol–water partition coefficient (Wildman–Crippen LogP) is 9.79. The van der Waals surface area contributed by atoms with E-state index in [4.69, 9.17) is 24.7 Å². The number of esters is 3. The van der Waals surface area contributed by atoms with Crippen molar-refractivity contribution in [3.63, 3.8) is 0 Å². The number of rotatable bonds is 12. The molecule has 10 nitrogen and oxygen atoms in total. The van der Waals surface area contributed by atoms with Crippen molar-refractivity contribution < 1.29 is 38.1 Å². The van der Waals surface area contributed by atoms with Crippen molar-refractivity contribution in [1.82, 2.24) is 5.32 Å². The lowest BCUT2D eigenvalue weighted by molar-refractivity contribution is -0.151. The van der Waals surface area contributed by atoms with Gasteiger partial charge in [-0.2, -0.15) is 0 Å². The number of hydrogen-bond acceptors (Lipinski definition) is 9. The van der Waals surface area contributed by atoms with E-state index in [0.717, 1.165) is 11.1 Å². The van der Waals surface area contributed by atoms with Gasteiger partial charge in [-0.15, -0.1) is 12.4 Å². The van der Waals surface area contributed by atoms with E-state index in [-0.39, 0.29) is 60.4 Å². The lowest BCUT2D eigenvalue weighted by atomic mass is 9.92. The molecule has 0 heterocycles. The van der Waals surface area contributed by atoms with Crippen LogP contribution in [0.25, 0.3) is 0 Å². The first-order chi connectivity index (χ1) is 26.0. The molecule has 11 heteroatoms. The number of alkyl carbamates (subject to hydrolysis) is 1. The van der Waals surface area contributed by atoms with Gasteiger partial charge >= 0.3 is 24.0 Å². The largest absolute Gasteiger partial charge is 0.462 e. The third-order valence-corrected chi connectivity index (χ3v) is 9.56. The van der Waals surface area contributed by atoms with E-state index in [9.17, 15) is 19.2 Å². The number of amides is 1. The van der Waals surface area contributed by atoms with Crippen LogP contribution in [0.2, 0.25) is 0 Å². The molecule has 0 unspecified atom stereocenters. The van der Waals surface area contributed by atoms with E-state index in [1.807, 2.05) is 83.1 Å². The minimum Gasteiger partial charge on any atom is -0.462 e. The number of carbonyl (C=O) groups excluding carboxylic acids is 4. The molecular formula is C46H69ClN2O8. The first kappa shape index (κ1) is 52.6. The van der Waals surface area contributed by atoms with Crippen LogP contribution >= 0.6 is 12.4 Å². The fourth-order valence-corrected chi connectivity index (χ4v) is 5.74. The molecular weight excluding hydrogens is 744 g/mol. The Morgan fingerprint density at radius 1 is 0.561 bits per heavy atom. The lowest BCUT2D eigenvalue weighted by Gasteiger charge is -2.25. The first-order valence-corrected chi connectivity index (χ1v) is 19.5. The van der Waals surface area contributed by atoms with Gasteiger partial charge in [-0.3, -0.25) is 9.59 Å². The van der Waals surface area contributed by atoms with Gasteiger partial charge in [0.2, 0.25) is 0 Å². The average Bonchev–Trinajstić information content (AvgIpc) is 3.10. The third-order valence-electron chi connectivity index (χ3n) is 9.56. The van der Waals surface area contributed by atoms with Gasteiger partial charge in [0.15, 0.2) is 0 Å². The third kappa shape index (κ3) is 19.1. The second-order valence-electron chi connectivity index (χ2n) is 15.7. The topological polar surface area (TPSA) is 143 Å². The average molecular weight is 814 g/mol. The summed E-state index contributed by atoms with van der Waals surface area (Å²) in [6, 6.07) is 23.0. The van der Waals surface area contributed by atoms with E-state index in [1.54, 1.807) is 34.6 Å². The highest BCUT2D eigenvalue weighted by atomic mass is 35.5. The van der Waals surface area contributed by atoms with Crippen LogP contribution in [0, 0.1) is 20.8 Å². The molecule has 0 bridgehead atoms. The molecule has 1 amide bonds. The molecule has 0 aliphatic rings. The van der Waals surface area contributed by atoms with Gasteiger partial charge in [-0.25, -0.2) is 9.59 Å². The van der Waals surface area contributed by atoms with Crippen molar-refractivity contribution in [3.05, 3.63) is 106 Å². The Hall–Kier alpha value is -4.41. The SMILES string of the molecule is CC(=O)O[C@H](C)[C@H](C)c1ccccc1C.Cc1ccccc1[C@H](C)[C@H](C)OC(=O)[C@H](C)N.Cc1ccccc1[C@H](C)[C@H](C)OC(=O)[C@H](C)NC(=O)OC(C)(C)C.Cl. The number of benzene rings is 3. The van der Waals surface area contributed by atoms with Gasteiger partial charge in [0, 0.05) is 24.7 Å². The second kappa shape index (κ2) is 25.1. The summed E-state index contributed by atoms with van der Waals surface area (Å²) in [5, 5.41) is 2.50. The minimum absolute atomic E-state index is 0. The predicted molar refractivity (Wildman–Crippen MR) is 231 cm³/mol. The summed E-state index contributed by atoms with van der Waals surface area (Å²) in [6.45, 7) is 28.0. The summed E-state index contributed by atoms with van der Waals surface area (Å²) in [4.78, 5) is 46.2. The first-order valence-electron chi connectivity index (χ1n) is 19.5. The summed E-state index contributed by atoms with van der Waals surface area (Å²) in [7, 11) is 0. The van der Waals surface area contributed by atoms with Gasteiger partial charge in [-0.1, -0.05) is 93.6 Å². The van der Waals surface area contributed by atoms with Crippen molar-refractivity contribution in [2.75, 3.05) is 0 Å². The number of nitrogens with one attached hydrogen (secondary N) is 1. The Kier molecular flexibility index (Phi) is 23.1. The highest BCUT2D eigenvalue weighted by Gasteiger charge is 2.26. The summed E-state index contributed by atoms with van der Waals surface area (Å²) < 4.78 is 21.1. The van der Waals surface area contributed by atoms with Crippen LogP contribution in [0.1, 0.15) is 134 Å². The zero-order valence-electron chi connectivity index (χ0n) is 36.8. The van der Waals surface area contributed by atoms with Crippen LogP contribution in [0.4, 0.5) is 4.79 Å². The van der Waals surface area contributed by atoms with Crippen LogP contribution in [0.15, 0.2) is 72.8 Å². The summed E-state index contributed by atoms with van der Waals surface area (Å²) >= 11 is 0. The molecule has 0 radical (unpaired) electrons. The smallest absolute Gasteiger partial charge is 0.408 e. The Morgan fingerprint density at radius 2 is 0.877 bits per heavy atom. The molecule has 3 aromatic rings. The molecule has 0 saturated heterocycles. The van der Waals surface area contributed by atoms with Crippen LogP contribution in [0.3, 0.4) is 0 Å². The van der Waals surface area contributed by atoms with Gasteiger partial charge in [-0.05, 0) is 110 Å². The second-order valence-corrected chi connectivity index (χ2v) is 15.7. The molecule has 0 aromatic heterocycles. The Labute approximate surface area is 348 Å². The highest BCUT2D eigenvalue weighted by molar-refractivity contribution is 5.85. The molecule has 8 atom stereocenters. The Morgan fingerprint density at radius 3 is 1.18 bits per heavy atom. The van der Waals surface area contributed by atoms with Gasteiger partial charge in [0.25, 0.3) is 0 Å². The van der Waals surface area contributed by atoms with Crippen LogP contribution in [-0.2, 0) is 33.3 Å². The standard InChI is InChI=1S/C19H29NO4.C14H21NO2.C13H18O2.ClH/c1-12-10-8-9-11-16(12)13(2)15(4)23-17(21)14(3)20-18(22)24-19(5,6)7;1-9-7-5-6-8-13(9)10(2)12(4)17-14(16)11(3)15;1-9-7-5-6-8-13(9)10(2)11(3)15-12(4)14;/h8-11,13-15H,1-7H3,(H,20,22);5-8,10-12H,15H2,1-4H3;5-8,10-11H,1-4H3;1H/t13-,14+,15+;10-,11+,12+;10-,11+;/m110./s1. The minimum atomic E-state index is -0.772. The molecule has 0 fully saturated rings. The van der Waals surface area contributed by atoms with E-state index < -0.39 is 29.7 Å². The van der Waals surface area contributed by atoms with Crippen molar-refractivity contribution in [1.29, 1.82) is 0 Å². The molecule has 0 aliphatic heterocycles. The number of aryl methyl sites for hydroxylation is 3. The van der Waals surface area contributed by atoms with E-state index in [2.05, 4.69) is 57.3 Å². The highest BCUT2D eigenvalue weighted by Crippen LogP contribution is 2.26. The number of carbonyl (C=O) groups is 4. The molecule has 0 spiro atoms. The monoisotopic (exact) mass is 812 g/mol. The molecule has 0 saturated carbocycles. The summed E-state index contributed by atoms with van der Waals surface area (Å²) in [6.07, 6.45) is -1.19. The molecule has 318 valence electrons. The van der Waals surface area contributed by atoms with E-state index in [1.165, 1.54) is 29.2 Å². The quantitative estimate of drug-likeness (QED) is 0.135. The number of ether oxygens (including phenoxy) is 4. The number of halogens is 1.